The summed E-state index contributed by atoms with van der Waals surface area (Å²) in [6.45, 7) is 18.8. The lowest BCUT2D eigenvalue weighted by molar-refractivity contribution is 0.664. The Kier molecular flexibility index (Phi) is 56.2. The van der Waals surface area contributed by atoms with Crippen LogP contribution >= 0.6 is 0 Å². The molecular weight excluding hydrogens is 286 g/mol. The van der Waals surface area contributed by atoms with Crippen LogP contribution in [0.5, 0.6) is 0 Å². The molecule has 0 aromatic heterocycles. The second-order valence-electron chi connectivity index (χ2n) is 6.19. The Morgan fingerprint density at radius 3 is 0.957 bits per heavy atom. The van der Waals surface area contributed by atoms with E-state index in [-0.39, 0.29) is 0 Å². The third-order valence-corrected chi connectivity index (χ3v) is 1.96. The fourth-order valence-corrected chi connectivity index (χ4v) is 0.204. The van der Waals surface area contributed by atoms with E-state index in [9.17, 15) is 0 Å². The van der Waals surface area contributed by atoms with E-state index in [1.165, 1.54) is 12.8 Å². The van der Waals surface area contributed by atoms with Crippen LogP contribution in [0, 0.1) is 5.92 Å². The Morgan fingerprint density at radius 1 is 0.696 bits per heavy atom. The molecule has 10 N–H and O–H groups in total. The molecule has 0 aliphatic rings. The van der Waals surface area contributed by atoms with Crippen molar-refractivity contribution in [3.05, 3.63) is 0 Å². The molecule has 148 valence electrons. The summed E-state index contributed by atoms with van der Waals surface area (Å²) in [4.78, 5) is 0. The summed E-state index contributed by atoms with van der Waals surface area (Å²) < 4.78 is 0. The van der Waals surface area contributed by atoms with Crippen molar-refractivity contribution < 1.29 is 0 Å². The summed E-state index contributed by atoms with van der Waals surface area (Å²) in [5.41, 5.74) is 25.7. The van der Waals surface area contributed by atoms with Crippen LogP contribution < -0.4 is 28.7 Å². The Morgan fingerprint density at radius 2 is 0.957 bits per heavy atom. The molecule has 1 unspecified atom stereocenters. The van der Waals surface area contributed by atoms with E-state index in [0.717, 1.165) is 32.5 Å². The van der Waals surface area contributed by atoms with Gasteiger partial charge in [-0.15, -0.1) is 0 Å². The largest absolute Gasteiger partial charge is 0.330 e. The van der Waals surface area contributed by atoms with E-state index in [1.807, 2.05) is 20.8 Å². The minimum absolute atomic E-state index is 0.333. The van der Waals surface area contributed by atoms with Crippen molar-refractivity contribution in [1.29, 1.82) is 0 Å². The first-order valence-corrected chi connectivity index (χ1v) is 9.22. The van der Waals surface area contributed by atoms with E-state index in [4.69, 9.17) is 28.7 Å². The summed E-state index contributed by atoms with van der Waals surface area (Å²) >= 11 is 0. The van der Waals surface area contributed by atoms with Crippen molar-refractivity contribution in [3.8, 4) is 0 Å². The lowest BCUT2D eigenvalue weighted by atomic mass is 10.2. The van der Waals surface area contributed by atoms with Crippen LogP contribution in [-0.4, -0.2) is 31.7 Å². The first kappa shape index (κ1) is 34.2. The third-order valence-electron chi connectivity index (χ3n) is 1.96. The summed E-state index contributed by atoms with van der Waals surface area (Å²) in [6, 6.07) is 0.718. The van der Waals surface area contributed by atoms with E-state index in [2.05, 4.69) is 34.6 Å². The minimum atomic E-state index is 0.333. The molecule has 1 atom stereocenters. The minimum Gasteiger partial charge on any atom is -0.330 e. The van der Waals surface area contributed by atoms with E-state index >= 15 is 0 Å². The van der Waals surface area contributed by atoms with Gasteiger partial charge in [-0.3, -0.25) is 0 Å². The molecule has 0 aliphatic carbocycles. The summed E-state index contributed by atoms with van der Waals surface area (Å²) in [6.07, 6.45) is 4.57. The average molecular weight is 338 g/mol. The van der Waals surface area contributed by atoms with Crippen molar-refractivity contribution in [2.45, 2.75) is 93.2 Å². The molecular formula is C18H51N5. The van der Waals surface area contributed by atoms with Gasteiger partial charge < -0.3 is 28.7 Å². The Balaban J connectivity index is -0.0000000589. The zero-order chi connectivity index (χ0) is 19.7. The van der Waals surface area contributed by atoms with Crippen LogP contribution in [0.2, 0.25) is 0 Å². The van der Waals surface area contributed by atoms with Gasteiger partial charge in [0.15, 0.2) is 0 Å². The molecule has 0 saturated heterocycles. The van der Waals surface area contributed by atoms with Gasteiger partial charge in [0.2, 0.25) is 0 Å². The predicted octanol–water partition coefficient (Wildman–Crippen LogP) is 2.80. The predicted molar refractivity (Wildman–Crippen MR) is 110 cm³/mol. The van der Waals surface area contributed by atoms with Crippen molar-refractivity contribution in [3.63, 3.8) is 0 Å². The van der Waals surface area contributed by atoms with Crippen LogP contribution in [0.1, 0.15) is 81.1 Å². The van der Waals surface area contributed by atoms with Crippen LogP contribution in [-0.2, 0) is 0 Å². The molecule has 0 aliphatic heterocycles. The quantitative estimate of drug-likeness (QED) is 0.526. The molecule has 0 fully saturated rings. The fraction of sp³-hybridized carbons (Fsp3) is 1.00. The van der Waals surface area contributed by atoms with Crippen molar-refractivity contribution in [2.75, 3.05) is 19.6 Å². The molecule has 0 bridgehead atoms. The van der Waals surface area contributed by atoms with E-state index in [1.54, 1.807) is 0 Å². The Hall–Kier alpha value is -0.200. The molecule has 0 spiro atoms. The SMILES string of the molecule is CC(C)CN.CC(C)N.CCC(C)N.CCCCN.CCCN. The van der Waals surface area contributed by atoms with Gasteiger partial charge in [0.25, 0.3) is 0 Å². The molecule has 5 heteroatoms. The fourth-order valence-electron chi connectivity index (χ4n) is 0.204. The lowest BCUT2D eigenvalue weighted by Crippen LogP contribution is -2.11. The lowest BCUT2D eigenvalue weighted by Gasteiger charge is -1.91. The molecule has 0 aromatic carbocycles. The number of rotatable bonds is 5. The molecule has 0 radical (unpaired) electrons. The van der Waals surface area contributed by atoms with Gasteiger partial charge in [-0.2, -0.15) is 0 Å². The monoisotopic (exact) mass is 337 g/mol. The second kappa shape index (κ2) is 37.8. The molecule has 23 heavy (non-hydrogen) atoms. The van der Waals surface area contributed by atoms with Crippen LogP contribution in [0.15, 0.2) is 0 Å². The van der Waals surface area contributed by atoms with Crippen molar-refractivity contribution in [1.82, 2.24) is 0 Å². The van der Waals surface area contributed by atoms with Gasteiger partial charge >= 0.3 is 0 Å². The summed E-state index contributed by atoms with van der Waals surface area (Å²) in [5.74, 6) is 0.662. The van der Waals surface area contributed by atoms with E-state index < -0.39 is 0 Å². The van der Waals surface area contributed by atoms with E-state index in [0.29, 0.717) is 18.0 Å². The zero-order valence-electron chi connectivity index (χ0n) is 17.6. The van der Waals surface area contributed by atoms with Crippen molar-refractivity contribution >= 4 is 0 Å². The second-order valence-corrected chi connectivity index (χ2v) is 6.19. The topological polar surface area (TPSA) is 130 Å². The van der Waals surface area contributed by atoms with Gasteiger partial charge in [-0.1, -0.05) is 54.9 Å². The Labute approximate surface area is 148 Å². The zero-order valence-corrected chi connectivity index (χ0v) is 17.6. The number of hydrogen-bond donors (Lipinski definition) is 5. The first-order chi connectivity index (χ1) is 10.6. The maximum atomic E-state index is 5.29. The highest BCUT2D eigenvalue weighted by Gasteiger charge is 1.80. The molecule has 0 rings (SSSR count). The maximum absolute atomic E-state index is 5.29. The molecule has 0 heterocycles. The van der Waals surface area contributed by atoms with Gasteiger partial charge in [-0.05, 0) is 57.8 Å². The third kappa shape index (κ3) is 185. The summed E-state index contributed by atoms with van der Waals surface area (Å²) in [7, 11) is 0. The van der Waals surface area contributed by atoms with Gasteiger partial charge in [0.05, 0.1) is 0 Å². The average Bonchev–Trinajstić information content (AvgIpc) is 2.48. The highest BCUT2D eigenvalue weighted by molar-refractivity contribution is 4.43. The summed E-state index contributed by atoms with van der Waals surface area (Å²) in [5, 5.41) is 0. The van der Waals surface area contributed by atoms with Crippen LogP contribution in [0.4, 0.5) is 0 Å². The molecule has 5 nitrogen and oxygen atoms in total. The van der Waals surface area contributed by atoms with Crippen LogP contribution in [0.3, 0.4) is 0 Å². The number of unbranched alkanes of at least 4 members (excludes halogenated alkanes) is 1. The number of nitrogens with two attached hydrogens (primary N) is 5. The molecule has 0 saturated carbocycles. The first-order valence-electron chi connectivity index (χ1n) is 9.22. The Bertz CT molecular complexity index is 125. The molecule has 0 amide bonds. The van der Waals surface area contributed by atoms with Crippen LogP contribution in [0.25, 0.3) is 0 Å². The smallest absolute Gasteiger partial charge is 0.000781 e. The maximum Gasteiger partial charge on any atom is 0.000781 e. The number of hydrogen-bond acceptors (Lipinski definition) is 5. The van der Waals surface area contributed by atoms with Gasteiger partial charge in [0, 0.05) is 6.04 Å². The highest BCUT2D eigenvalue weighted by atomic mass is 14.6. The van der Waals surface area contributed by atoms with Crippen molar-refractivity contribution in [2.24, 2.45) is 34.6 Å². The normalized spacial score (nSPS) is 10.0. The highest BCUT2D eigenvalue weighted by Crippen LogP contribution is 1.81. The molecule has 0 aromatic rings. The van der Waals surface area contributed by atoms with Gasteiger partial charge in [0.1, 0.15) is 0 Å². The van der Waals surface area contributed by atoms with Gasteiger partial charge in [-0.25, -0.2) is 0 Å². The standard InChI is InChI=1S/3C4H11N.2C3H9N/c1-4(2)3-5;1-3-4(2)5;1-2-3-4-5;1-3(2)4;1-2-3-4/h2*4H,3,5H2,1-2H3;2-5H2,1H3;3H,4H2,1-2H3;2-4H2,1H3.